The Morgan fingerprint density at radius 2 is 2.19 bits per heavy atom. The largest absolute Gasteiger partial charge is 0.480 e. The van der Waals surface area contributed by atoms with Crippen molar-refractivity contribution in [3.05, 3.63) is 35.4 Å². The van der Waals surface area contributed by atoms with Gasteiger partial charge in [-0.15, -0.1) is 0 Å². The van der Waals surface area contributed by atoms with Gasteiger partial charge < -0.3 is 21.8 Å². The van der Waals surface area contributed by atoms with Crippen molar-refractivity contribution in [2.75, 3.05) is 0 Å². The molecule has 0 amide bonds. The molecule has 1 atom stereocenters. The topological polar surface area (TPSA) is 122 Å². The molecule has 0 spiro atoms. The molecule has 6 N–H and O–H groups in total. The Balaban J connectivity index is 2.87. The Morgan fingerprint density at radius 1 is 1.50 bits per heavy atom. The van der Waals surface area contributed by atoms with Gasteiger partial charge in [-0.1, -0.05) is 23.4 Å². The zero-order chi connectivity index (χ0) is 12.1. The average molecular weight is 223 g/mol. The fourth-order valence-electron chi connectivity index (χ4n) is 1.26. The van der Waals surface area contributed by atoms with Crippen molar-refractivity contribution in [3.8, 4) is 0 Å². The van der Waals surface area contributed by atoms with Crippen LogP contribution in [0.3, 0.4) is 0 Å². The van der Waals surface area contributed by atoms with Crippen LogP contribution in [0, 0.1) is 0 Å². The Labute approximate surface area is 92.2 Å². The van der Waals surface area contributed by atoms with Gasteiger partial charge in [0.15, 0.2) is 5.84 Å². The summed E-state index contributed by atoms with van der Waals surface area (Å²) in [6.45, 7) is 0. The van der Waals surface area contributed by atoms with Crippen LogP contribution in [0.2, 0.25) is 0 Å². The first-order valence-corrected chi connectivity index (χ1v) is 4.60. The molecule has 0 radical (unpaired) electrons. The molecule has 0 fully saturated rings. The molecule has 0 bridgehead atoms. The Morgan fingerprint density at radius 3 is 2.75 bits per heavy atom. The summed E-state index contributed by atoms with van der Waals surface area (Å²) >= 11 is 0. The highest BCUT2D eigenvalue weighted by atomic mass is 16.4. The number of hydrogen-bond acceptors (Lipinski definition) is 4. The van der Waals surface area contributed by atoms with Crippen LogP contribution in [-0.2, 0) is 11.2 Å². The zero-order valence-electron chi connectivity index (χ0n) is 8.50. The Kier molecular flexibility index (Phi) is 3.84. The maximum Gasteiger partial charge on any atom is 0.320 e. The summed E-state index contributed by atoms with van der Waals surface area (Å²) in [5.41, 5.74) is 12.0. The van der Waals surface area contributed by atoms with Gasteiger partial charge in [0.2, 0.25) is 0 Å². The number of carbonyl (C=O) groups is 1. The number of nitrogens with zero attached hydrogens (tertiary/aromatic N) is 1. The molecule has 6 nitrogen and oxygen atoms in total. The number of hydrogen-bond donors (Lipinski definition) is 4. The molecule has 16 heavy (non-hydrogen) atoms. The standard InChI is InChI=1S/C10H13N3O3/c11-8(10(14)15)5-6-2-1-3-7(4-6)9(12)13-16/h1-4,8,16H,5,11H2,(H2,12,13)(H,14,15). The van der Waals surface area contributed by atoms with Crippen LogP contribution < -0.4 is 11.5 Å². The van der Waals surface area contributed by atoms with E-state index in [1.54, 1.807) is 24.3 Å². The molecule has 0 aliphatic heterocycles. The third kappa shape index (κ3) is 2.96. The molecule has 0 heterocycles. The third-order valence-corrected chi connectivity index (χ3v) is 2.10. The first kappa shape index (κ1) is 12.0. The predicted molar refractivity (Wildman–Crippen MR) is 58.3 cm³/mol. The van der Waals surface area contributed by atoms with Crippen LogP contribution in [0.1, 0.15) is 11.1 Å². The summed E-state index contributed by atoms with van der Waals surface area (Å²) in [6, 6.07) is 5.76. The number of carboxylic acids is 1. The van der Waals surface area contributed by atoms with Gasteiger partial charge in [-0.2, -0.15) is 0 Å². The first-order valence-electron chi connectivity index (χ1n) is 4.60. The number of amidine groups is 1. The van der Waals surface area contributed by atoms with Crippen molar-refractivity contribution in [2.24, 2.45) is 16.6 Å². The summed E-state index contributed by atoms with van der Waals surface area (Å²) in [6.07, 6.45) is 0.196. The van der Waals surface area contributed by atoms with Gasteiger partial charge >= 0.3 is 5.97 Å². The maximum absolute atomic E-state index is 10.6. The minimum atomic E-state index is -1.06. The minimum Gasteiger partial charge on any atom is -0.480 e. The lowest BCUT2D eigenvalue weighted by Gasteiger charge is -2.07. The minimum absolute atomic E-state index is 0.0225. The summed E-state index contributed by atoms with van der Waals surface area (Å²) in [5, 5.41) is 20.0. The van der Waals surface area contributed by atoms with Crippen LogP contribution in [0.4, 0.5) is 0 Å². The highest BCUT2D eigenvalue weighted by molar-refractivity contribution is 5.97. The van der Waals surface area contributed by atoms with Crippen molar-refractivity contribution in [3.63, 3.8) is 0 Å². The van der Waals surface area contributed by atoms with E-state index in [0.29, 0.717) is 5.56 Å². The average Bonchev–Trinajstić information content (AvgIpc) is 2.28. The fraction of sp³-hybridized carbons (Fsp3) is 0.200. The molecule has 1 rings (SSSR count). The second-order valence-electron chi connectivity index (χ2n) is 3.33. The van der Waals surface area contributed by atoms with Crippen molar-refractivity contribution in [1.29, 1.82) is 0 Å². The van der Waals surface area contributed by atoms with Crippen molar-refractivity contribution in [1.82, 2.24) is 0 Å². The van der Waals surface area contributed by atoms with E-state index in [1.807, 2.05) is 0 Å². The van der Waals surface area contributed by atoms with Crippen molar-refractivity contribution >= 4 is 11.8 Å². The van der Waals surface area contributed by atoms with Gasteiger partial charge in [0.1, 0.15) is 6.04 Å². The van der Waals surface area contributed by atoms with E-state index in [4.69, 9.17) is 21.8 Å². The van der Waals surface area contributed by atoms with E-state index in [1.165, 1.54) is 0 Å². The lowest BCUT2D eigenvalue weighted by Crippen LogP contribution is -2.32. The number of aliphatic carboxylic acids is 1. The van der Waals surface area contributed by atoms with E-state index in [0.717, 1.165) is 5.56 Å². The molecule has 0 aromatic heterocycles. The van der Waals surface area contributed by atoms with Gasteiger partial charge in [-0.25, -0.2) is 0 Å². The zero-order valence-corrected chi connectivity index (χ0v) is 8.50. The molecule has 0 aliphatic rings. The second-order valence-corrected chi connectivity index (χ2v) is 3.33. The second kappa shape index (κ2) is 5.13. The van der Waals surface area contributed by atoms with Crippen LogP contribution >= 0.6 is 0 Å². The lowest BCUT2D eigenvalue weighted by atomic mass is 10.0. The van der Waals surface area contributed by atoms with Gasteiger partial charge in [-0.05, 0) is 18.1 Å². The SMILES string of the molecule is NC(=NO)c1cccc(CC(N)C(=O)O)c1. The smallest absolute Gasteiger partial charge is 0.320 e. The van der Waals surface area contributed by atoms with Crippen LogP contribution in [0.25, 0.3) is 0 Å². The van der Waals surface area contributed by atoms with Gasteiger partial charge in [-0.3, -0.25) is 4.79 Å². The van der Waals surface area contributed by atoms with Crippen LogP contribution in [0.5, 0.6) is 0 Å². The molecule has 1 unspecified atom stereocenters. The number of nitrogens with two attached hydrogens (primary N) is 2. The number of benzene rings is 1. The van der Waals surface area contributed by atoms with Gasteiger partial charge in [0.25, 0.3) is 0 Å². The highest BCUT2D eigenvalue weighted by Gasteiger charge is 2.12. The molecular weight excluding hydrogens is 210 g/mol. The first-order chi connectivity index (χ1) is 7.54. The molecule has 1 aromatic carbocycles. The van der Waals surface area contributed by atoms with E-state index in [9.17, 15) is 4.79 Å². The third-order valence-electron chi connectivity index (χ3n) is 2.10. The van der Waals surface area contributed by atoms with Gasteiger partial charge in [0, 0.05) is 5.56 Å². The highest BCUT2D eigenvalue weighted by Crippen LogP contribution is 2.07. The fourth-order valence-corrected chi connectivity index (χ4v) is 1.26. The van der Waals surface area contributed by atoms with Crippen molar-refractivity contribution < 1.29 is 15.1 Å². The van der Waals surface area contributed by atoms with E-state index >= 15 is 0 Å². The van der Waals surface area contributed by atoms with Crippen molar-refractivity contribution in [2.45, 2.75) is 12.5 Å². The molecule has 0 saturated heterocycles. The lowest BCUT2D eigenvalue weighted by molar-refractivity contribution is -0.138. The molecular formula is C10H13N3O3. The van der Waals surface area contributed by atoms with Crippen LogP contribution in [0.15, 0.2) is 29.4 Å². The van der Waals surface area contributed by atoms with E-state index in [2.05, 4.69) is 5.16 Å². The monoisotopic (exact) mass is 223 g/mol. The molecule has 1 aromatic rings. The van der Waals surface area contributed by atoms with Gasteiger partial charge in [0.05, 0.1) is 0 Å². The van der Waals surface area contributed by atoms with E-state index < -0.39 is 12.0 Å². The molecule has 0 aliphatic carbocycles. The normalized spacial score (nSPS) is 13.4. The number of carboxylic acid groups (broad SMARTS) is 1. The number of rotatable bonds is 4. The molecule has 0 saturated carbocycles. The summed E-state index contributed by atoms with van der Waals surface area (Å²) < 4.78 is 0. The summed E-state index contributed by atoms with van der Waals surface area (Å²) in [5.74, 6) is -1.08. The van der Waals surface area contributed by atoms with E-state index in [-0.39, 0.29) is 12.3 Å². The maximum atomic E-state index is 10.6. The predicted octanol–water partition coefficient (Wildman–Crippen LogP) is -0.265. The van der Waals surface area contributed by atoms with Crippen LogP contribution in [-0.4, -0.2) is 28.2 Å². The number of oxime groups is 1. The quantitative estimate of drug-likeness (QED) is 0.242. The molecule has 86 valence electrons. The Hall–Kier alpha value is -2.08. The summed E-state index contributed by atoms with van der Waals surface area (Å²) in [4.78, 5) is 10.6. The Bertz CT molecular complexity index is 418. The molecule has 6 heteroatoms. The summed E-state index contributed by atoms with van der Waals surface area (Å²) in [7, 11) is 0.